The van der Waals surface area contributed by atoms with Gasteiger partial charge in [0.2, 0.25) is 0 Å². The SMILES string of the molecule is CCCCCCCCOc1ccc(C(=O)Oc2ccc(-c3ccc(CCCCCCCC)cc3)cc2)cc1F. The second-order valence-electron chi connectivity index (χ2n) is 10.4. The Morgan fingerprint density at radius 1 is 0.667 bits per heavy atom. The molecule has 3 aromatic rings. The van der Waals surface area contributed by atoms with E-state index in [9.17, 15) is 9.18 Å². The van der Waals surface area contributed by atoms with Gasteiger partial charge >= 0.3 is 5.97 Å². The Balaban J connectivity index is 1.44. The summed E-state index contributed by atoms with van der Waals surface area (Å²) in [5.41, 5.74) is 3.70. The van der Waals surface area contributed by atoms with Crippen LogP contribution in [-0.4, -0.2) is 12.6 Å². The van der Waals surface area contributed by atoms with Crippen LogP contribution in [-0.2, 0) is 6.42 Å². The summed E-state index contributed by atoms with van der Waals surface area (Å²) in [5.74, 6) is -0.552. The molecule has 0 bridgehead atoms. The molecule has 4 heteroatoms. The van der Waals surface area contributed by atoms with Gasteiger partial charge in [0, 0.05) is 0 Å². The highest BCUT2D eigenvalue weighted by atomic mass is 19.1. The summed E-state index contributed by atoms with van der Waals surface area (Å²) in [5, 5.41) is 0. The second kappa shape index (κ2) is 17.4. The fraction of sp³-hybridized carbons (Fsp3) is 0.457. The third-order valence-corrected chi connectivity index (χ3v) is 7.09. The van der Waals surface area contributed by atoms with Gasteiger partial charge < -0.3 is 9.47 Å². The van der Waals surface area contributed by atoms with Crippen LogP contribution in [0.3, 0.4) is 0 Å². The zero-order chi connectivity index (χ0) is 27.7. The second-order valence-corrected chi connectivity index (χ2v) is 10.4. The molecule has 0 aliphatic carbocycles. The minimum absolute atomic E-state index is 0.157. The Bertz CT molecular complexity index is 1110. The van der Waals surface area contributed by atoms with Crippen LogP contribution in [0.25, 0.3) is 11.1 Å². The molecule has 0 unspecified atom stereocenters. The lowest BCUT2D eigenvalue weighted by Crippen LogP contribution is -2.09. The Hall–Kier alpha value is -3.14. The predicted molar refractivity (Wildman–Crippen MR) is 159 cm³/mol. The summed E-state index contributed by atoms with van der Waals surface area (Å²) in [6, 6.07) is 20.3. The van der Waals surface area contributed by atoms with Crippen LogP contribution in [0.4, 0.5) is 4.39 Å². The van der Waals surface area contributed by atoms with E-state index < -0.39 is 11.8 Å². The first-order valence-electron chi connectivity index (χ1n) is 14.9. The summed E-state index contributed by atoms with van der Waals surface area (Å²) >= 11 is 0. The summed E-state index contributed by atoms with van der Waals surface area (Å²) in [4.78, 5) is 12.6. The molecule has 3 rings (SSSR count). The van der Waals surface area contributed by atoms with Gasteiger partial charge in [-0.15, -0.1) is 0 Å². The van der Waals surface area contributed by atoms with E-state index in [0.717, 1.165) is 30.4 Å². The first-order valence-corrected chi connectivity index (χ1v) is 14.9. The Morgan fingerprint density at radius 3 is 1.85 bits per heavy atom. The van der Waals surface area contributed by atoms with Crippen molar-refractivity contribution in [1.82, 2.24) is 0 Å². The minimum atomic E-state index is -0.594. The predicted octanol–water partition coefficient (Wildman–Crippen LogP) is 10.4. The molecular formula is C35H45FO3. The fourth-order valence-corrected chi connectivity index (χ4v) is 4.66. The van der Waals surface area contributed by atoms with Crippen LogP contribution in [0.15, 0.2) is 66.7 Å². The molecule has 0 N–H and O–H groups in total. The highest BCUT2D eigenvalue weighted by molar-refractivity contribution is 5.91. The van der Waals surface area contributed by atoms with Crippen LogP contribution in [0, 0.1) is 5.82 Å². The first kappa shape index (κ1) is 30.4. The van der Waals surface area contributed by atoms with Gasteiger partial charge in [-0.25, -0.2) is 9.18 Å². The molecule has 0 fully saturated rings. The summed E-state index contributed by atoms with van der Waals surface area (Å²) in [7, 11) is 0. The molecule has 3 nitrogen and oxygen atoms in total. The van der Waals surface area contributed by atoms with Gasteiger partial charge in [-0.05, 0) is 66.3 Å². The fourth-order valence-electron chi connectivity index (χ4n) is 4.66. The summed E-state index contributed by atoms with van der Waals surface area (Å²) in [6.07, 6.45) is 15.8. The standard InChI is InChI=1S/C35H45FO3/c1-3-5-7-9-11-13-15-28-16-18-29(19-17-28)30-20-23-32(24-21-30)39-35(37)31-22-25-34(33(36)27-31)38-26-14-12-10-8-6-4-2/h16-25,27H,3-15,26H2,1-2H3. The lowest BCUT2D eigenvalue weighted by atomic mass is 10.0. The third kappa shape index (κ3) is 10.9. The van der Waals surface area contributed by atoms with Crippen molar-refractivity contribution in [3.8, 4) is 22.6 Å². The summed E-state index contributed by atoms with van der Waals surface area (Å²) in [6.45, 7) is 4.91. The average Bonchev–Trinajstić information content (AvgIpc) is 2.96. The molecule has 0 saturated carbocycles. The largest absolute Gasteiger partial charge is 0.491 e. The van der Waals surface area contributed by atoms with Crippen molar-refractivity contribution in [2.24, 2.45) is 0 Å². The van der Waals surface area contributed by atoms with Crippen molar-refractivity contribution in [1.29, 1.82) is 0 Å². The summed E-state index contributed by atoms with van der Waals surface area (Å²) < 4.78 is 25.5. The molecular weight excluding hydrogens is 487 g/mol. The number of aryl methyl sites for hydroxylation is 1. The van der Waals surface area contributed by atoms with Crippen LogP contribution in [0.5, 0.6) is 11.5 Å². The molecule has 0 aromatic heterocycles. The highest BCUT2D eigenvalue weighted by Crippen LogP contribution is 2.25. The van der Waals surface area contributed by atoms with E-state index in [0.29, 0.717) is 12.4 Å². The zero-order valence-corrected chi connectivity index (χ0v) is 23.9. The molecule has 3 aromatic carbocycles. The number of esters is 1. The van der Waals surface area contributed by atoms with Gasteiger partial charge in [0.1, 0.15) is 5.75 Å². The van der Waals surface area contributed by atoms with Crippen LogP contribution >= 0.6 is 0 Å². The Kier molecular flexibility index (Phi) is 13.6. The van der Waals surface area contributed by atoms with Gasteiger partial charge in [-0.3, -0.25) is 0 Å². The monoisotopic (exact) mass is 532 g/mol. The van der Waals surface area contributed by atoms with E-state index in [-0.39, 0.29) is 11.3 Å². The number of hydrogen-bond acceptors (Lipinski definition) is 3. The smallest absolute Gasteiger partial charge is 0.343 e. The number of ether oxygens (including phenoxy) is 2. The van der Waals surface area contributed by atoms with Crippen molar-refractivity contribution in [3.63, 3.8) is 0 Å². The topological polar surface area (TPSA) is 35.5 Å². The van der Waals surface area contributed by atoms with E-state index in [2.05, 4.69) is 38.1 Å². The molecule has 0 radical (unpaired) electrons. The van der Waals surface area contributed by atoms with Gasteiger partial charge in [0.05, 0.1) is 12.2 Å². The molecule has 0 atom stereocenters. The van der Waals surface area contributed by atoms with Crippen molar-refractivity contribution in [2.45, 2.75) is 97.3 Å². The number of benzene rings is 3. The molecule has 0 aliphatic rings. The minimum Gasteiger partial charge on any atom is -0.491 e. The van der Waals surface area contributed by atoms with E-state index in [1.807, 2.05) is 12.1 Å². The number of unbranched alkanes of at least 4 members (excludes halogenated alkanes) is 10. The van der Waals surface area contributed by atoms with E-state index in [4.69, 9.17) is 9.47 Å². The van der Waals surface area contributed by atoms with E-state index in [1.54, 1.807) is 18.2 Å². The number of carbonyl (C=O) groups excluding carboxylic acids is 1. The van der Waals surface area contributed by atoms with E-state index >= 15 is 0 Å². The third-order valence-electron chi connectivity index (χ3n) is 7.09. The molecule has 0 amide bonds. The highest BCUT2D eigenvalue weighted by Gasteiger charge is 2.13. The molecule has 39 heavy (non-hydrogen) atoms. The lowest BCUT2D eigenvalue weighted by molar-refractivity contribution is 0.0734. The van der Waals surface area contributed by atoms with Gasteiger partial charge in [0.25, 0.3) is 0 Å². The molecule has 0 aliphatic heterocycles. The number of halogens is 1. The van der Waals surface area contributed by atoms with Gasteiger partial charge in [-0.2, -0.15) is 0 Å². The maximum Gasteiger partial charge on any atom is 0.343 e. The first-order chi connectivity index (χ1) is 19.1. The molecule has 210 valence electrons. The average molecular weight is 533 g/mol. The molecule has 0 heterocycles. The lowest BCUT2D eigenvalue weighted by Gasteiger charge is -2.10. The van der Waals surface area contributed by atoms with Crippen molar-refractivity contribution in [2.75, 3.05) is 6.61 Å². The number of rotatable bonds is 18. The maximum absolute atomic E-state index is 14.5. The van der Waals surface area contributed by atoms with Crippen molar-refractivity contribution < 1.29 is 18.7 Å². The van der Waals surface area contributed by atoms with Crippen molar-refractivity contribution >= 4 is 5.97 Å². The van der Waals surface area contributed by atoms with Crippen molar-refractivity contribution in [3.05, 3.63) is 83.7 Å². The normalized spacial score (nSPS) is 10.9. The molecule has 0 spiro atoms. The number of hydrogen-bond donors (Lipinski definition) is 0. The molecule has 0 saturated heterocycles. The van der Waals surface area contributed by atoms with E-state index in [1.165, 1.54) is 81.9 Å². The van der Waals surface area contributed by atoms with Crippen LogP contribution in [0.2, 0.25) is 0 Å². The Morgan fingerprint density at radius 2 is 1.23 bits per heavy atom. The Labute approximate surface area is 234 Å². The van der Waals surface area contributed by atoms with Gasteiger partial charge in [0.15, 0.2) is 11.6 Å². The van der Waals surface area contributed by atoms with Gasteiger partial charge in [-0.1, -0.05) is 114 Å². The van der Waals surface area contributed by atoms with Crippen LogP contribution in [0.1, 0.15) is 107 Å². The van der Waals surface area contributed by atoms with Crippen LogP contribution < -0.4 is 9.47 Å². The number of carbonyl (C=O) groups is 1. The quantitative estimate of drug-likeness (QED) is 0.0928. The zero-order valence-electron chi connectivity index (χ0n) is 23.9. The maximum atomic E-state index is 14.5.